The van der Waals surface area contributed by atoms with E-state index in [-0.39, 0.29) is 12.1 Å². The van der Waals surface area contributed by atoms with Gasteiger partial charge in [-0.1, -0.05) is 187 Å². The first-order valence-electron chi connectivity index (χ1n) is 18.4. The Morgan fingerprint density at radius 3 is 1.10 bits per heavy atom. The minimum Gasteiger partial charge on any atom is -0.462 e. The molecule has 0 spiro atoms. The third kappa shape index (κ3) is 31.7. The molecule has 3 heteroatoms. The third-order valence-corrected chi connectivity index (χ3v) is 8.52. The second kappa shape index (κ2) is 34.3. The topological polar surface area (TPSA) is 43.4 Å². The Bertz CT molecular complexity index is 504. The monoisotopic (exact) mass is 565 g/mol. The molecule has 40 heavy (non-hydrogen) atoms. The van der Waals surface area contributed by atoms with Crippen LogP contribution in [0.3, 0.4) is 0 Å². The van der Waals surface area contributed by atoms with E-state index in [9.17, 15) is 9.59 Å². The van der Waals surface area contributed by atoms with Gasteiger partial charge >= 0.3 is 5.97 Å². The van der Waals surface area contributed by atoms with Crippen molar-refractivity contribution in [2.45, 2.75) is 225 Å². The summed E-state index contributed by atoms with van der Waals surface area (Å²) in [7, 11) is 0. The predicted molar refractivity (Wildman–Crippen MR) is 175 cm³/mol. The van der Waals surface area contributed by atoms with Gasteiger partial charge in [0.05, 0.1) is 0 Å². The standard InChI is InChI=1S/C37H72O3/c1-3-5-7-9-11-13-15-16-17-18-19-20-21-22-23-25-27-29-31-33-37(39)40-36(34-35-38)32-30-28-26-24-14-12-10-8-6-4-2/h35-36H,3-34H2,1-2H3. The number of ether oxygens (including phenoxy) is 1. The van der Waals surface area contributed by atoms with Gasteiger partial charge in [-0.2, -0.15) is 0 Å². The van der Waals surface area contributed by atoms with Crippen LogP contribution in [0.25, 0.3) is 0 Å². The number of hydrogen-bond acceptors (Lipinski definition) is 3. The average molecular weight is 565 g/mol. The summed E-state index contributed by atoms with van der Waals surface area (Å²) in [5, 5.41) is 0. The number of unbranched alkanes of at least 4 members (excludes halogenated alkanes) is 27. The SMILES string of the molecule is CCCCCCCCCCCCCCCCCCCCCC(=O)OC(CC=O)CCCCCCCCCCCC. The van der Waals surface area contributed by atoms with Crippen LogP contribution >= 0.6 is 0 Å². The zero-order valence-electron chi connectivity index (χ0n) is 27.5. The molecular formula is C37H72O3. The molecule has 0 aliphatic heterocycles. The van der Waals surface area contributed by atoms with E-state index >= 15 is 0 Å². The lowest BCUT2D eigenvalue weighted by molar-refractivity contribution is -0.150. The van der Waals surface area contributed by atoms with Crippen LogP contribution < -0.4 is 0 Å². The number of rotatable bonds is 34. The van der Waals surface area contributed by atoms with E-state index < -0.39 is 0 Å². The van der Waals surface area contributed by atoms with Crippen molar-refractivity contribution in [1.29, 1.82) is 0 Å². The van der Waals surface area contributed by atoms with Gasteiger partial charge in [-0.3, -0.25) is 4.79 Å². The molecule has 0 aromatic rings. The van der Waals surface area contributed by atoms with Gasteiger partial charge < -0.3 is 9.53 Å². The average Bonchev–Trinajstić information content (AvgIpc) is 2.95. The number of carbonyl (C=O) groups excluding carboxylic acids is 2. The molecule has 0 heterocycles. The zero-order valence-corrected chi connectivity index (χ0v) is 27.5. The highest BCUT2D eigenvalue weighted by Crippen LogP contribution is 2.17. The summed E-state index contributed by atoms with van der Waals surface area (Å²) < 4.78 is 5.64. The first-order chi connectivity index (χ1) is 19.7. The number of hydrogen-bond donors (Lipinski definition) is 0. The van der Waals surface area contributed by atoms with Crippen LogP contribution in [-0.2, 0) is 14.3 Å². The largest absolute Gasteiger partial charge is 0.462 e. The van der Waals surface area contributed by atoms with Crippen molar-refractivity contribution in [3.05, 3.63) is 0 Å². The van der Waals surface area contributed by atoms with E-state index in [4.69, 9.17) is 4.74 Å². The van der Waals surface area contributed by atoms with E-state index in [2.05, 4.69) is 13.8 Å². The van der Waals surface area contributed by atoms with Crippen LogP contribution in [0.2, 0.25) is 0 Å². The summed E-state index contributed by atoms with van der Waals surface area (Å²) in [6, 6.07) is 0. The molecule has 238 valence electrons. The lowest BCUT2D eigenvalue weighted by Crippen LogP contribution is -2.18. The Morgan fingerprint density at radius 1 is 0.475 bits per heavy atom. The molecule has 3 nitrogen and oxygen atoms in total. The molecule has 0 bridgehead atoms. The molecule has 0 amide bonds. The minimum atomic E-state index is -0.209. The Balaban J connectivity index is 3.45. The van der Waals surface area contributed by atoms with Crippen molar-refractivity contribution >= 4 is 12.3 Å². The van der Waals surface area contributed by atoms with E-state index in [1.807, 2.05) is 0 Å². The van der Waals surface area contributed by atoms with Crippen molar-refractivity contribution in [2.75, 3.05) is 0 Å². The van der Waals surface area contributed by atoms with E-state index in [0.29, 0.717) is 12.8 Å². The summed E-state index contributed by atoms with van der Waals surface area (Å²) in [5.41, 5.74) is 0. The van der Waals surface area contributed by atoms with Gasteiger partial charge in [-0.25, -0.2) is 0 Å². The van der Waals surface area contributed by atoms with Gasteiger partial charge in [0.15, 0.2) is 0 Å². The maximum absolute atomic E-state index is 12.3. The van der Waals surface area contributed by atoms with Gasteiger partial charge in [-0.15, -0.1) is 0 Å². The highest BCUT2D eigenvalue weighted by atomic mass is 16.5. The van der Waals surface area contributed by atoms with E-state index in [0.717, 1.165) is 32.0 Å². The summed E-state index contributed by atoms with van der Waals surface area (Å²) >= 11 is 0. The fourth-order valence-corrected chi connectivity index (χ4v) is 5.78. The summed E-state index contributed by atoms with van der Waals surface area (Å²) in [4.78, 5) is 23.3. The summed E-state index contributed by atoms with van der Waals surface area (Å²) in [6.45, 7) is 4.55. The first kappa shape index (κ1) is 39.1. The predicted octanol–water partition coefficient (Wildman–Crippen LogP) is 12.6. The molecule has 1 unspecified atom stereocenters. The Morgan fingerprint density at radius 2 is 0.775 bits per heavy atom. The molecule has 0 aromatic carbocycles. The summed E-state index contributed by atoms with van der Waals surface area (Å²) in [6.07, 6.45) is 41.1. The van der Waals surface area contributed by atoms with Gasteiger partial charge in [-0.05, 0) is 19.3 Å². The van der Waals surface area contributed by atoms with E-state index in [1.165, 1.54) is 167 Å². The zero-order chi connectivity index (χ0) is 29.2. The normalized spacial score (nSPS) is 12.1. The lowest BCUT2D eigenvalue weighted by Gasteiger charge is -2.15. The lowest BCUT2D eigenvalue weighted by atomic mass is 10.0. The smallest absolute Gasteiger partial charge is 0.306 e. The maximum Gasteiger partial charge on any atom is 0.306 e. The van der Waals surface area contributed by atoms with Gasteiger partial charge in [0.25, 0.3) is 0 Å². The van der Waals surface area contributed by atoms with Crippen LogP contribution in [0.15, 0.2) is 0 Å². The third-order valence-electron chi connectivity index (χ3n) is 8.52. The van der Waals surface area contributed by atoms with Crippen molar-refractivity contribution in [2.24, 2.45) is 0 Å². The molecule has 0 fully saturated rings. The second-order valence-electron chi connectivity index (χ2n) is 12.6. The number of carbonyl (C=O) groups is 2. The molecule has 0 saturated carbocycles. The van der Waals surface area contributed by atoms with Crippen LogP contribution in [0.1, 0.15) is 219 Å². The number of aldehydes is 1. The summed E-state index contributed by atoms with van der Waals surface area (Å²) in [5.74, 6) is -0.106. The molecule has 1 atom stereocenters. The molecule has 0 aliphatic rings. The van der Waals surface area contributed by atoms with Crippen LogP contribution in [-0.4, -0.2) is 18.4 Å². The first-order valence-corrected chi connectivity index (χ1v) is 18.4. The highest BCUT2D eigenvalue weighted by molar-refractivity contribution is 5.69. The molecule has 0 saturated heterocycles. The Hall–Kier alpha value is -0.860. The van der Waals surface area contributed by atoms with Crippen molar-refractivity contribution in [3.63, 3.8) is 0 Å². The maximum atomic E-state index is 12.3. The Kier molecular flexibility index (Phi) is 33.6. The van der Waals surface area contributed by atoms with Gasteiger partial charge in [0.1, 0.15) is 12.4 Å². The minimum absolute atomic E-state index is 0.106. The van der Waals surface area contributed by atoms with Crippen LogP contribution in [0, 0.1) is 0 Å². The van der Waals surface area contributed by atoms with E-state index in [1.54, 1.807) is 0 Å². The molecular weight excluding hydrogens is 492 g/mol. The van der Waals surface area contributed by atoms with Crippen molar-refractivity contribution in [3.8, 4) is 0 Å². The molecule has 0 N–H and O–H groups in total. The quantitative estimate of drug-likeness (QED) is 0.0443. The van der Waals surface area contributed by atoms with Crippen LogP contribution in [0.5, 0.6) is 0 Å². The molecule has 0 aliphatic carbocycles. The number of esters is 1. The molecule has 0 rings (SSSR count). The fourth-order valence-electron chi connectivity index (χ4n) is 5.78. The van der Waals surface area contributed by atoms with Crippen LogP contribution in [0.4, 0.5) is 0 Å². The Labute approximate surface area is 251 Å². The van der Waals surface area contributed by atoms with Gasteiger partial charge in [0, 0.05) is 12.8 Å². The fraction of sp³-hybridized carbons (Fsp3) is 0.946. The molecule has 0 aromatic heterocycles. The molecule has 0 radical (unpaired) electrons. The van der Waals surface area contributed by atoms with Crippen molar-refractivity contribution in [1.82, 2.24) is 0 Å². The van der Waals surface area contributed by atoms with Gasteiger partial charge in [0.2, 0.25) is 0 Å². The highest BCUT2D eigenvalue weighted by Gasteiger charge is 2.13. The second-order valence-corrected chi connectivity index (χ2v) is 12.6. The van der Waals surface area contributed by atoms with Crippen molar-refractivity contribution < 1.29 is 14.3 Å².